The van der Waals surface area contributed by atoms with Crippen LogP contribution in [-0.2, 0) is 0 Å². The van der Waals surface area contributed by atoms with Crippen molar-refractivity contribution in [2.24, 2.45) is 0 Å². The average molecular weight is 236 g/mol. The summed E-state index contributed by atoms with van der Waals surface area (Å²) >= 11 is 0. The quantitative estimate of drug-likeness (QED) is 0.419. The molecule has 16 heavy (non-hydrogen) atoms. The summed E-state index contributed by atoms with van der Waals surface area (Å²) in [6.45, 7) is 4.48. The summed E-state index contributed by atoms with van der Waals surface area (Å²) in [4.78, 5) is 0. The van der Waals surface area contributed by atoms with Crippen LogP contribution in [0.5, 0.6) is 0 Å². The highest BCUT2D eigenvalue weighted by Gasteiger charge is 2.31. The number of rotatable bonds is 6. The molecule has 0 spiro atoms. The predicted molar refractivity (Wildman–Crippen MR) is 77.7 cm³/mol. The zero-order valence-corrected chi connectivity index (χ0v) is 12.2. The van der Waals surface area contributed by atoms with Crippen LogP contribution in [0, 0.1) is 0 Å². The van der Waals surface area contributed by atoms with E-state index >= 15 is 0 Å². The molecular formula is C15H28Si. The van der Waals surface area contributed by atoms with Crippen molar-refractivity contribution in [2.45, 2.75) is 70.1 Å². The molecule has 0 amide bonds. The normalized spacial score (nSPS) is 20.9. The molecule has 1 heteroatoms. The Morgan fingerprint density at radius 2 is 1.25 bits per heavy atom. The minimum Gasteiger partial charge on any atom is -0.0912 e. The van der Waals surface area contributed by atoms with Gasteiger partial charge in [-0.1, -0.05) is 69.5 Å². The topological polar surface area (TPSA) is 0 Å². The van der Waals surface area contributed by atoms with Crippen molar-refractivity contribution in [3.05, 3.63) is 24.3 Å². The second-order valence-electron chi connectivity index (χ2n) is 5.23. The Morgan fingerprint density at radius 3 is 1.69 bits per heavy atom. The highest BCUT2D eigenvalue weighted by Crippen LogP contribution is 2.35. The molecule has 0 atom stereocenters. The van der Waals surface area contributed by atoms with E-state index in [9.17, 15) is 0 Å². The van der Waals surface area contributed by atoms with Crippen LogP contribution >= 0.6 is 0 Å². The molecule has 0 aliphatic carbocycles. The van der Waals surface area contributed by atoms with Crippen LogP contribution in [0.3, 0.4) is 0 Å². The molecule has 0 aromatic rings. The summed E-state index contributed by atoms with van der Waals surface area (Å²) < 4.78 is 0. The molecular weight excluding hydrogens is 208 g/mol. The monoisotopic (exact) mass is 236 g/mol. The fourth-order valence-electron chi connectivity index (χ4n) is 2.79. The van der Waals surface area contributed by atoms with Gasteiger partial charge in [-0.3, -0.25) is 0 Å². The lowest BCUT2D eigenvalue weighted by Crippen LogP contribution is -2.34. The van der Waals surface area contributed by atoms with Gasteiger partial charge in [-0.05, 0) is 24.9 Å². The van der Waals surface area contributed by atoms with E-state index in [2.05, 4.69) is 38.2 Å². The van der Waals surface area contributed by atoms with Crippen molar-refractivity contribution >= 4 is 8.07 Å². The summed E-state index contributed by atoms with van der Waals surface area (Å²) in [5.74, 6) is 0. The van der Waals surface area contributed by atoms with Crippen LogP contribution in [0.2, 0.25) is 24.2 Å². The van der Waals surface area contributed by atoms with Crippen molar-refractivity contribution in [2.75, 3.05) is 0 Å². The second-order valence-corrected chi connectivity index (χ2v) is 10.0. The van der Waals surface area contributed by atoms with E-state index < -0.39 is 8.07 Å². The Bertz CT molecular complexity index is 204. The van der Waals surface area contributed by atoms with E-state index in [0.717, 1.165) is 0 Å². The Hall–Kier alpha value is -0.303. The van der Waals surface area contributed by atoms with Gasteiger partial charge in [-0.15, -0.1) is 0 Å². The van der Waals surface area contributed by atoms with Crippen molar-refractivity contribution < 1.29 is 0 Å². The second kappa shape index (κ2) is 7.89. The van der Waals surface area contributed by atoms with Gasteiger partial charge in [0.1, 0.15) is 0 Å². The van der Waals surface area contributed by atoms with Gasteiger partial charge in [-0.25, -0.2) is 0 Å². The van der Waals surface area contributed by atoms with E-state index in [1.54, 1.807) is 12.1 Å². The number of allylic oxidation sites excluding steroid dienone is 4. The Labute approximate surface area is 103 Å². The van der Waals surface area contributed by atoms with Crippen molar-refractivity contribution in [1.29, 1.82) is 0 Å². The third-order valence-electron chi connectivity index (χ3n) is 3.82. The third kappa shape index (κ3) is 4.69. The van der Waals surface area contributed by atoms with Crippen LogP contribution in [0.25, 0.3) is 0 Å². The van der Waals surface area contributed by atoms with Gasteiger partial charge in [0, 0.05) is 0 Å². The molecule has 0 N–H and O–H groups in total. The van der Waals surface area contributed by atoms with Crippen LogP contribution in [0.4, 0.5) is 0 Å². The molecule has 1 heterocycles. The maximum absolute atomic E-state index is 2.48. The summed E-state index contributed by atoms with van der Waals surface area (Å²) in [6, 6.07) is 6.04. The largest absolute Gasteiger partial charge is 0.0912 e. The first-order valence-electron chi connectivity index (χ1n) is 7.13. The highest BCUT2D eigenvalue weighted by molar-refractivity contribution is 6.80. The van der Waals surface area contributed by atoms with E-state index in [1.807, 2.05) is 0 Å². The molecule has 0 bridgehead atoms. The first-order valence-corrected chi connectivity index (χ1v) is 9.96. The van der Waals surface area contributed by atoms with Gasteiger partial charge < -0.3 is 0 Å². The first-order chi connectivity index (χ1) is 7.83. The number of hydrogen-bond acceptors (Lipinski definition) is 0. The summed E-state index contributed by atoms with van der Waals surface area (Å²) in [5, 5.41) is 0. The highest BCUT2D eigenvalue weighted by atomic mass is 28.3. The van der Waals surface area contributed by atoms with Gasteiger partial charge in [0.15, 0.2) is 0 Å². The Morgan fingerprint density at radius 1 is 0.750 bits per heavy atom. The molecule has 0 aromatic carbocycles. The minimum atomic E-state index is -0.931. The summed E-state index contributed by atoms with van der Waals surface area (Å²) in [7, 11) is -0.931. The molecule has 1 saturated heterocycles. The Balaban J connectivity index is 2.52. The van der Waals surface area contributed by atoms with Gasteiger partial charge in [0.25, 0.3) is 0 Å². The maximum Gasteiger partial charge on any atom is 0.0610 e. The number of hydrogen-bond donors (Lipinski definition) is 0. The lowest BCUT2D eigenvalue weighted by molar-refractivity contribution is 0.707. The van der Waals surface area contributed by atoms with E-state index in [4.69, 9.17) is 0 Å². The summed E-state index contributed by atoms with van der Waals surface area (Å²) in [5.41, 5.74) is 0. The van der Waals surface area contributed by atoms with Crippen LogP contribution in [0.15, 0.2) is 24.3 Å². The van der Waals surface area contributed by atoms with Crippen molar-refractivity contribution in [3.8, 4) is 0 Å². The minimum absolute atomic E-state index is 0.931. The first kappa shape index (κ1) is 13.8. The van der Waals surface area contributed by atoms with Crippen molar-refractivity contribution in [1.82, 2.24) is 0 Å². The molecule has 92 valence electrons. The maximum atomic E-state index is 2.48. The molecule has 0 radical (unpaired) electrons. The van der Waals surface area contributed by atoms with Crippen LogP contribution in [-0.4, -0.2) is 8.07 Å². The molecule has 0 nitrogen and oxygen atoms in total. The lowest BCUT2D eigenvalue weighted by Gasteiger charge is -2.33. The molecule has 1 fully saturated rings. The van der Waals surface area contributed by atoms with Gasteiger partial charge in [0.2, 0.25) is 0 Å². The lowest BCUT2D eigenvalue weighted by atomic mass is 10.3. The van der Waals surface area contributed by atoms with E-state index in [0.29, 0.717) is 0 Å². The Kier molecular flexibility index (Phi) is 6.78. The van der Waals surface area contributed by atoms with Crippen molar-refractivity contribution in [3.63, 3.8) is 0 Å². The molecule has 0 aromatic heterocycles. The standard InChI is InChI=1S/C15H28Si/c1-3-5-8-12-16(13-9-6-4-2)14-10-7-11-15-16/h5-6,8-9H,3-4,7,10-15H2,1-2H3. The molecule has 0 unspecified atom stereocenters. The van der Waals surface area contributed by atoms with E-state index in [-0.39, 0.29) is 0 Å². The zero-order valence-electron chi connectivity index (χ0n) is 11.2. The third-order valence-corrected chi connectivity index (χ3v) is 8.85. The van der Waals surface area contributed by atoms with Gasteiger partial charge in [0.05, 0.1) is 8.07 Å². The molecule has 1 aliphatic heterocycles. The van der Waals surface area contributed by atoms with E-state index in [1.165, 1.54) is 44.2 Å². The molecule has 1 rings (SSSR count). The fourth-order valence-corrected chi connectivity index (χ4v) is 7.36. The average Bonchev–Trinajstić information content (AvgIpc) is 2.31. The smallest absolute Gasteiger partial charge is 0.0610 e. The van der Waals surface area contributed by atoms with Crippen LogP contribution < -0.4 is 0 Å². The fraction of sp³-hybridized carbons (Fsp3) is 0.733. The van der Waals surface area contributed by atoms with Gasteiger partial charge in [-0.2, -0.15) is 0 Å². The SMILES string of the molecule is CCC=CC[Si]1(CC=CCC)CCCCC1. The molecule has 1 aliphatic rings. The van der Waals surface area contributed by atoms with Crippen LogP contribution in [0.1, 0.15) is 46.0 Å². The zero-order chi connectivity index (χ0) is 11.7. The predicted octanol–water partition coefficient (Wildman–Crippen LogP) is 5.55. The summed E-state index contributed by atoms with van der Waals surface area (Å²) in [6.07, 6.45) is 16.6. The van der Waals surface area contributed by atoms with Gasteiger partial charge >= 0.3 is 0 Å². The molecule has 0 saturated carbocycles.